The van der Waals surface area contributed by atoms with Gasteiger partial charge in [0.05, 0.1) is 22.0 Å². The van der Waals surface area contributed by atoms with E-state index in [1.165, 1.54) is 0 Å². The molecule has 0 aromatic heterocycles. The van der Waals surface area contributed by atoms with Gasteiger partial charge in [0.2, 0.25) is 0 Å². The summed E-state index contributed by atoms with van der Waals surface area (Å²) >= 11 is 0. The summed E-state index contributed by atoms with van der Waals surface area (Å²) in [6.07, 6.45) is 17.7. The van der Waals surface area contributed by atoms with Gasteiger partial charge in [-0.3, -0.25) is 9.59 Å². The molecule has 2 aliphatic heterocycles. The maximum atomic E-state index is 13.6. The van der Waals surface area contributed by atoms with Gasteiger partial charge in [0, 0.05) is 11.4 Å². The van der Waals surface area contributed by atoms with Crippen molar-refractivity contribution in [3.05, 3.63) is 143 Å². The number of fused-ring (bicyclic) bond motifs is 1. The van der Waals surface area contributed by atoms with Gasteiger partial charge in [0.15, 0.2) is 0 Å². The van der Waals surface area contributed by atoms with Crippen molar-refractivity contribution >= 4 is 11.8 Å². The van der Waals surface area contributed by atoms with Crippen LogP contribution < -0.4 is 10.6 Å². The zero-order chi connectivity index (χ0) is 23.2. The van der Waals surface area contributed by atoms with Crippen LogP contribution in [-0.4, -0.2) is 11.8 Å². The van der Waals surface area contributed by atoms with E-state index in [0.717, 1.165) is 11.1 Å². The molecule has 0 fully saturated rings. The highest BCUT2D eigenvalue weighted by Crippen LogP contribution is 2.49. The highest BCUT2D eigenvalue weighted by molar-refractivity contribution is 6.20. The predicted molar refractivity (Wildman–Crippen MR) is 132 cm³/mol. The molecule has 2 aliphatic carbocycles. The predicted octanol–water partition coefficient (Wildman–Crippen LogP) is 4.66. The van der Waals surface area contributed by atoms with E-state index in [1.807, 2.05) is 60.7 Å². The summed E-state index contributed by atoms with van der Waals surface area (Å²) in [4.78, 5) is 27.1. The van der Waals surface area contributed by atoms with Gasteiger partial charge in [0.1, 0.15) is 0 Å². The van der Waals surface area contributed by atoms with Gasteiger partial charge in [0.25, 0.3) is 11.8 Å². The maximum absolute atomic E-state index is 13.6. The summed E-state index contributed by atoms with van der Waals surface area (Å²) in [6.45, 7) is 0. The van der Waals surface area contributed by atoms with Crippen LogP contribution in [0.4, 0.5) is 0 Å². The Morgan fingerprint density at radius 2 is 0.971 bits per heavy atom. The second kappa shape index (κ2) is 7.70. The van der Waals surface area contributed by atoms with Crippen LogP contribution in [0.3, 0.4) is 0 Å². The summed E-state index contributed by atoms with van der Waals surface area (Å²) in [5.74, 6) is -0.454. The number of benzene rings is 2. The fraction of sp³-hybridized carbons (Fsp3) is 0.133. The monoisotopic (exact) mass is 444 g/mol. The maximum Gasteiger partial charge on any atom is 0.258 e. The summed E-state index contributed by atoms with van der Waals surface area (Å²) in [5, 5.41) is 6.26. The summed E-state index contributed by atoms with van der Waals surface area (Å²) in [6, 6.07) is 20.1. The van der Waals surface area contributed by atoms with Gasteiger partial charge in [-0.15, -0.1) is 0 Å². The van der Waals surface area contributed by atoms with Gasteiger partial charge >= 0.3 is 0 Å². The minimum absolute atomic E-state index is 0.227. The van der Waals surface area contributed by atoms with Crippen LogP contribution in [0.5, 0.6) is 0 Å². The first-order chi connectivity index (χ1) is 16.7. The van der Waals surface area contributed by atoms with Crippen LogP contribution in [0, 0.1) is 0 Å². The first-order valence-electron chi connectivity index (χ1n) is 11.6. The van der Waals surface area contributed by atoms with Crippen molar-refractivity contribution in [1.82, 2.24) is 10.6 Å². The number of hydrogen-bond donors (Lipinski definition) is 2. The fourth-order valence-electron chi connectivity index (χ4n) is 5.65. The van der Waals surface area contributed by atoms with E-state index in [0.29, 0.717) is 35.4 Å². The van der Waals surface area contributed by atoms with Crippen LogP contribution in [-0.2, 0) is 20.4 Å². The van der Waals surface area contributed by atoms with Crippen molar-refractivity contribution in [3.63, 3.8) is 0 Å². The van der Waals surface area contributed by atoms with Crippen LogP contribution >= 0.6 is 0 Å². The van der Waals surface area contributed by atoms with Crippen LogP contribution in [0.2, 0.25) is 0 Å². The highest BCUT2D eigenvalue weighted by atomic mass is 16.2. The van der Waals surface area contributed by atoms with Gasteiger partial charge < -0.3 is 10.6 Å². The van der Waals surface area contributed by atoms with Gasteiger partial charge in [-0.1, -0.05) is 109 Å². The Kier molecular flexibility index (Phi) is 4.63. The SMILES string of the molecule is O=C1NC(C2(c3ccccc3)C=CC=CC2)=C2C(=O)NC(C3(c4ccccc4)C=CC=CC3)=C12. The summed E-state index contributed by atoms with van der Waals surface area (Å²) in [5.41, 5.74) is 3.09. The molecule has 0 radical (unpaired) electrons. The molecule has 166 valence electrons. The van der Waals surface area contributed by atoms with E-state index in [2.05, 4.69) is 59.2 Å². The standard InChI is InChI=1S/C30H24N2O2/c33-27-23-24(26(32-27)30(19-11-4-12-20-30)22-15-7-2-8-16-22)28(34)31-25(23)29(17-9-3-10-18-29)21-13-5-1-6-14-21/h1-17,19H,18,20H2,(H,31,34)(H,32,33). The Morgan fingerprint density at radius 1 is 0.559 bits per heavy atom. The molecule has 0 bridgehead atoms. The molecule has 2 unspecified atom stereocenters. The molecular weight excluding hydrogens is 420 g/mol. The van der Waals surface area contributed by atoms with E-state index in [1.54, 1.807) is 0 Å². The molecule has 2 aromatic carbocycles. The number of carbonyl (C=O) groups excluding carboxylic acids is 2. The van der Waals surface area contributed by atoms with E-state index >= 15 is 0 Å². The zero-order valence-electron chi connectivity index (χ0n) is 18.6. The Hall–Kier alpha value is -4.18. The number of rotatable bonds is 4. The molecule has 4 nitrogen and oxygen atoms in total. The number of amides is 2. The minimum Gasteiger partial charge on any atom is -0.324 e. The van der Waals surface area contributed by atoms with Gasteiger partial charge in [-0.2, -0.15) is 0 Å². The lowest BCUT2D eigenvalue weighted by molar-refractivity contribution is -0.117. The first kappa shape index (κ1) is 20.4. The van der Waals surface area contributed by atoms with E-state index in [-0.39, 0.29) is 11.8 Å². The normalized spacial score (nSPS) is 27.3. The molecule has 4 heteroatoms. The van der Waals surface area contributed by atoms with Crippen LogP contribution in [0.1, 0.15) is 24.0 Å². The fourth-order valence-corrected chi connectivity index (χ4v) is 5.65. The van der Waals surface area contributed by atoms with Gasteiger partial charge in [-0.05, 0) is 24.0 Å². The second-order valence-electron chi connectivity index (χ2n) is 9.07. The lowest BCUT2D eigenvalue weighted by Crippen LogP contribution is -2.39. The van der Waals surface area contributed by atoms with Crippen molar-refractivity contribution in [2.75, 3.05) is 0 Å². The number of hydrogen-bond acceptors (Lipinski definition) is 2. The third-order valence-electron chi connectivity index (χ3n) is 7.29. The van der Waals surface area contributed by atoms with E-state index < -0.39 is 10.8 Å². The third-order valence-corrected chi connectivity index (χ3v) is 7.29. The van der Waals surface area contributed by atoms with Crippen molar-refractivity contribution < 1.29 is 9.59 Å². The largest absolute Gasteiger partial charge is 0.324 e. The molecule has 0 saturated carbocycles. The molecule has 6 rings (SSSR count). The molecule has 34 heavy (non-hydrogen) atoms. The molecule has 2 aromatic rings. The lowest BCUT2D eigenvalue weighted by Gasteiger charge is -2.34. The average Bonchev–Trinajstić information content (AvgIpc) is 3.44. The van der Waals surface area contributed by atoms with Crippen LogP contribution in [0.25, 0.3) is 0 Å². The number of allylic oxidation sites excluding steroid dienone is 8. The Balaban J connectivity index is 1.60. The van der Waals surface area contributed by atoms with Crippen molar-refractivity contribution in [3.8, 4) is 0 Å². The highest BCUT2D eigenvalue weighted by Gasteiger charge is 2.51. The third kappa shape index (κ3) is 2.85. The summed E-state index contributed by atoms with van der Waals surface area (Å²) < 4.78 is 0. The van der Waals surface area contributed by atoms with Crippen molar-refractivity contribution in [2.24, 2.45) is 0 Å². The Bertz CT molecular complexity index is 1270. The minimum atomic E-state index is -0.613. The topological polar surface area (TPSA) is 58.2 Å². The quantitative estimate of drug-likeness (QED) is 0.721. The molecule has 2 N–H and O–H groups in total. The Labute approximate surface area is 198 Å². The molecule has 2 heterocycles. The molecule has 2 amide bonds. The first-order valence-corrected chi connectivity index (χ1v) is 11.6. The Morgan fingerprint density at radius 3 is 1.32 bits per heavy atom. The summed E-state index contributed by atoms with van der Waals surface area (Å²) in [7, 11) is 0. The lowest BCUT2D eigenvalue weighted by atomic mass is 9.70. The molecule has 4 aliphatic rings. The number of nitrogens with one attached hydrogen (secondary N) is 2. The molecule has 0 spiro atoms. The average molecular weight is 445 g/mol. The van der Waals surface area contributed by atoms with E-state index in [9.17, 15) is 9.59 Å². The van der Waals surface area contributed by atoms with Crippen molar-refractivity contribution in [2.45, 2.75) is 23.7 Å². The van der Waals surface area contributed by atoms with E-state index in [4.69, 9.17) is 0 Å². The molecule has 0 saturated heterocycles. The molecule has 2 atom stereocenters. The van der Waals surface area contributed by atoms with Crippen LogP contribution in [0.15, 0.2) is 132 Å². The smallest absolute Gasteiger partial charge is 0.258 e. The number of carbonyl (C=O) groups is 2. The van der Waals surface area contributed by atoms with Crippen molar-refractivity contribution in [1.29, 1.82) is 0 Å². The second-order valence-corrected chi connectivity index (χ2v) is 9.07. The van der Waals surface area contributed by atoms with Gasteiger partial charge in [-0.25, -0.2) is 0 Å². The molecular formula is C30H24N2O2. The zero-order valence-corrected chi connectivity index (χ0v) is 18.6.